The number of hydrogen-bond donors (Lipinski definition) is 1. The van der Waals surface area contributed by atoms with Gasteiger partial charge in [-0.15, -0.1) is 0 Å². The fourth-order valence-corrected chi connectivity index (χ4v) is 2.24. The number of pyridine rings is 1. The molecule has 1 heterocycles. The van der Waals surface area contributed by atoms with Crippen LogP contribution >= 0.6 is 43.5 Å². The van der Waals surface area contributed by atoms with Crippen molar-refractivity contribution in [2.45, 2.75) is 0 Å². The molecule has 0 aliphatic heterocycles. The number of anilines is 1. The van der Waals surface area contributed by atoms with E-state index in [0.717, 1.165) is 4.47 Å². The van der Waals surface area contributed by atoms with Crippen molar-refractivity contribution in [1.82, 2.24) is 4.98 Å². The Labute approximate surface area is 126 Å². The van der Waals surface area contributed by atoms with Crippen molar-refractivity contribution in [3.63, 3.8) is 0 Å². The van der Waals surface area contributed by atoms with Gasteiger partial charge in [0.15, 0.2) is 0 Å². The first-order valence-electron chi connectivity index (χ1n) is 4.95. The average molecular weight is 390 g/mol. The van der Waals surface area contributed by atoms with Crippen molar-refractivity contribution >= 4 is 55.1 Å². The van der Waals surface area contributed by atoms with Gasteiger partial charge in [0.25, 0.3) is 5.91 Å². The number of halogens is 3. The SMILES string of the molecule is O=C(Nc1ccccc1Br)c1cc(Br)cnc1Cl. The van der Waals surface area contributed by atoms with E-state index >= 15 is 0 Å². The highest BCUT2D eigenvalue weighted by molar-refractivity contribution is 9.10. The summed E-state index contributed by atoms with van der Waals surface area (Å²) in [5.74, 6) is -0.305. The summed E-state index contributed by atoms with van der Waals surface area (Å²) in [5, 5.41) is 2.93. The van der Waals surface area contributed by atoms with Crippen LogP contribution in [0, 0.1) is 0 Å². The van der Waals surface area contributed by atoms with E-state index in [4.69, 9.17) is 11.6 Å². The minimum atomic E-state index is -0.305. The third-order valence-corrected chi connectivity index (χ3v) is 3.60. The minimum Gasteiger partial charge on any atom is -0.321 e. The van der Waals surface area contributed by atoms with Gasteiger partial charge in [0, 0.05) is 15.1 Å². The summed E-state index contributed by atoms with van der Waals surface area (Å²) >= 11 is 12.5. The first-order valence-corrected chi connectivity index (χ1v) is 6.91. The maximum Gasteiger partial charge on any atom is 0.258 e. The third-order valence-electron chi connectivity index (χ3n) is 2.17. The van der Waals surface area contributed by atoms with Crippen molar-refractivity contribution in [3.8, 4) is 0 Å². The molecule has 0 saturated heterocycles. The number of nitrogens with one attached hydrogen (secondary N) is 1. The molecule has 1 N–H and O–H groups in total. The number of para-hydroxylation sites is 1. The molecule has 1 aromatic heterocycles. The van der Waals surface area contributed by atoms with E-state index < -0.39 is 0 Å². The lowest BCUT2D eigenvalue weighted by molar-refractivity contribution is 0.102. The molecule has 0 aliphatic rings. The van der Waals surface area contributed by atoms with Gasteiger partial charge in [0.2, 0.25) is 0 Å². The molecule has 92 valence electrons. The molecule has 18 heavy (non-hydrogen) atoms. The maximum absolute atomic E-state index is 12.1. The Morgan fingerprint density at radius 3 is 2.72 bits per heavy atom. The lowest BCUT2D eigenvalue weighted by Crippen LogP contribution is -2.13. The molecule has 2 rings (SSSR count). The summed E-state index contributed by atoms with van der Waals surface area (Å²) in [4.78, 5) is 16.0. The van der Waals surface area contributed by atoms with E-state index in [9.17, 15) is 4.79 Å². The smallest absolute Gasteiger partial charge is 0.258 e. The average Bonchev–Trinajstić information content (AvgIpc) is 2.35. The summed E-state index contributed by atoms with van der Waals surface area (Å²) in [6, 6.07) is 8.97. The van der Waals surface area contributed by atoms with E-state index in [1.807, 2.05) is 18.2 Å². The molecule has 0 atom stereocenters. The molecular weight excluding hydrogens is 383 g/mol. The zero-order valence-electron chi connectivity index (χ0n) is 8.95. The highest BCUT2D eigenvalue weighted by Crippen LogP contribution is 2.24. The monoisotopic (exact) mass is 388 g/mol. The molecule has 2 aromatic rings. The van der Waals surface area contributed by atoms with E-state index in [-0.39, 0.29) is 11.1 Å². The Kier molecular flexibility index (Phi) is 4.37. The summed E-state index contributed by atoms with van der Waals surface area (Å²) in [7, 11) is 0. The predicted octanol–water partition coefficient (Wildman–Crippen LogP) is 4.51. The van der Waals surface area contributed by atoms with Crippen LogP contribution in [-0.2, 0) is 0 Å². The van der Waals surface area contributed by atoms with Gasteiger partial charge in [0.05, 0.1) is 11.3 Å². The lowest BCUT2D eigenvalue weighted by Gasteiger charge is -2.08. The van der Waals surface area contributed by atoms with Gasteiger partial charge in [-0.3, -0.25) is 4.79 Å². The number of amides is 1. The van der Waals surface area contributed by atoms with Crippen molar-refractivity contribution in [2.75, 3.05) is 5.32 Å². The second-order valence-electron chi connectivity index (χ2n) is 3.43. The Bertz CT molecular complexity index is 604. The van der Waals surface area contributed by atoms with E-state index in [2.05, 4.69) is 42.2 Å². The van der Waals surface area contributed by atoms with Crippen LogP contribution in [-0.4, -0.2) is 10.9 Å². The highest BCUT2D eigenvalue weighted by atomic mass is 79.9. The molecule has 0 bridgehead atoms. The molecule has 3 nitrogen and oxygen atoms in total. The van der Waals surface area contributed by atoms with E-state index in [1.165, 1.54) is 6.20 Å². The van der Waals surface area contributed by atoms with Gasteiger partial charge in [-0.2, -0.15) is 0 Å². The minimum absolute atomic E-state index is 0.169. The van der Waals surface area contributed by atoms with Crippen LogP contribution in [0.25, 0.3) is 0 Å². The first-order chi connectivity index (χ1) is 8.58. The molecule has 0 aliphatic carbocycles. The van der Waals surface area contributed by atoms with Gasteiger partial charge >= 0.3 is 0 Å². The van der Waals surface area contributed by atoms with Crippen molar-refractivity contribution in [1.29, 1.82) is 0 Å². The highest BCUT2D eigenvalue weighted by Gasteiger charge is 2.13. The van der Waals surface area contributed by atoms with Gasteiger partial charge in [-0.05, 0) is 50.1 Å². The predicted molar refractivity (Wildman–Crippen MR) is 79.0 cm³/mol. The number of carbonyl (C=O) groups is 1. The Hall–Kier alpha value is -0.910. The fourth-order valence-electron chi connectivity index (χ4n) is 1.33. The topological polar surface area (TPSA) is 42.0 Å². The molecular formula is C12H7Br2ClN2O. The molecule has 1 aromatic carbocycles. The summed E-state index contributed by atoms with van der Waals surface area (Å²) < 4.78 is 1.50. The van der Waals surface area contributed by atoms with Crippen LogP contribution in [0.5, 0.6) is 0 Å². The fraction of sp³-hybridized carbons (Fsp3) is 0. The van der Waals surface area contributed by atoms with Crippen LogP contribution in [0.2, 0.25) is 5.15 Å². The Morgan fingerprint density at radius 2 is 2.00 bits per heavy atom. The summed E-state index contributed by atoms with van der Waals surface area (Å²) in [5.41, 5.74) is 1.00. The molecule has 0 unspecified atom stereocenters. The molecule has 0 radical (unpaired) electrons. The first kappa shape index (κ1) is 13.5. The summed E-state index contributed by atoms with van der Waals surface area (Å²) in [6.45, 7) is 0. The van der Waals surface area contributed by atoms with Crippen LogP contribution in [0.1, 0.15) is 10.4 Å². The molecule has 1 amide bonds. The van der Waals surface area contributed by atoms with Crippen LogP contribution < -0.4 is 5.32 Å². The van der Waals surface area contributed by atoms with Crippen LogP contribution in [0.4, 0.5) is 5.69 Å². The number of nitrogens with zero attached hydrogens (tertiary/aromatic N) is 1. The molecule has 0 saturated carbocycles. The number of hydrogen-bond acceptors (Lipinski definition) is 2. The van der Waals surface area contributed by atoms with E-state index in [0.29, 0.717) is 15.7 Å². The van der Waals surface area contributed by atoms with Crippen LogP contribution in [0.3, 0.4) is 0 Å². The van der Waals surface area contributed by atoms with Gasteiger partial charge in [-0.1, -0.05) is 23.7 Å². The van der Waals surface area contributed by atoms with Gasteiger partial charge < -0.3 is 5.32 Å². The van der Waals surface area contributed by atoms with Crippen LogP contribution in [0.15, 0.2) is 45.5 Å². The Morgan fingerprint density at radius 1 is 1.28 bits per heavy atom. The second-order valence-corrected chi connectivity index (χ2v) is 5.55. The maximum atomic E-state index is 12.1. The Balaban J connectivity index is 2.28. The third kappa shape index (κ3) is 3.10. The largest absolute Gasteiger partial charge is 0.321 e. The molecule has 0 spiro atoms. The normalized spacial score (nSPS) is 10.2. The zero-order valence-corrected chi connectivity index (χ0v) is 12.9. The molecule has 6 heteroatoms. The lowest BCUT2D eigenvalue weighted by atomic mass is 10.2. The standard InChI is InChI=1S/C12H7Br2ClN2O/c13-7-5-8(11(15)16-6-7)12(18)17-10-4-2-1-3-9(10)14/h1-6H,(H,17,18). The second kappa shape index (κ2) is 5.82. The number of aromatic nitrogens is 1. The van der Waals surface area contributed by atoms with Crippen molar-refractivity contribution < 1.29 is 4.79 Å². The van der Waals surface area contributed by atoms with E-state index in [1.54, 1.807) is 12.1 Å². The quantitative estimate of drug-likeness (QED) is 0.767. The number of carbonyl (C=O) groups excluding carboxylic acids is 1. The number of rotatable bonds is 2. The van der Waals surface area contributed by atoms with Crippen molar-refractivity contribution in [3.05, 3.63) is 56.2 Å². The number of benzene rings is 1. The van der Waals surface area contributed by atoms with Gasteiger partial charge in [0.1, 0.15) is 5.15 Å². The van der Waals surface area contributed by atoms with Crippen molar-refractivity contribution in [2.24, 2.45) is 0 Å². The zero-order chi connectivity index (χ0) is 13.1. The summed E-state index contributed by atoms with van der Waals surface area (Å²) in [6.07, 6.45) is 1.54. The molecule has 0 fully saturated rings. The van der Waals surface area contributed by atoms with Gasteiger partial charge in [-0.25, -0.2) is 4.98 Å².